The van der Waals surface area contributed by atoms with E-state index in [4.69, 9.17) is 0 Å². The maximum atomic E-state index is 3.17. The Hall–Kier alpha value is 2.10. The molecule has 1 nitrogen and oxygen atoms in total. The van der Waals surface area contributed by atoms with Crippen molar-refractivity contribution in [3.05, 3.63) is 0 Å². The molecular weight excluding hydrogens is 432 g/mol. The normalized spacial score (nSPS) is 15.2. The summed E-state index contributed by atoms with van der Waals surface area (Å²) in [6.45, 7) is 0. The topological polar surface area (TPSA) is 3.24 Å². The van der Waals surface area contributed by atoms with Crippen LogP contribution >= 0.6 is 0 Å². The molecule has 0 aliphatic heterocycles. The van der Waals surface area contributed by atoms with Gasteiger partial charge in [0.25, 0.3) is 0 Å². The zero-order valence-electron chi connectivity index (χ0n) is 10.9. The van der Waals surface area contributed by atoms with Crippen LogP contribution in [0.4, 0.5) is 0 Å². The van der Waals surface area contributed by atoms with Crippen molar-refractivity contribution in [2.24, 2.45) is 0 Å². The molecule has 0 aliphatic rings. The molecule has 0 unspecified atom stereocenters. The van der Waals surface area contributed by atoms with E-state index in [0.29, 0.717) is 0 Å². The molecule has 0 saturated heterocycles. The van der Waals surface area contributed by atoms with Crippen molar-refractivity contribution in [3.8, 4) is 0 Å². The second kappa shape index (κ2) is 4.53. The number of rotatable bonds is 3. The first kappa shape index (κ1) is 15.1. The minimum atomic E-state index is -1.79. The molecule has 0 N–H and O–H groups in total. The Labute approximate surface area is 96.7 Å². The third-order valence-electron chi connectivity index (χ3n) is 2.01. The van der Waals surface area contributed by atoms with Crippen LogP contribution in [0.2, 0.25) is 46.9 Å². The first-order valence-corrected chi connectivity index (χ1v) is 32.1. The zero-order valence-corrected chi connectivity index (χ0v) is 18.8. The summed E-state index contributed by atoms with van der Waals surface area (Å²) < 4.78 is 3.17. The van der Waals surface area contributed by atoms with Gasteiger partial charge in [0.1, 0.15) is 0 Å². The molecule has 0 aromatic heterocycles. The summed E-state index contributed by atoms with van der Waals surface area (Å²) in [6.07, 6.45) is 0. The third kappa shape index (κ3) is 5.11. The van der Waals surface area contributed by atoms with Crippen LogP contribution in [-0.4, -0.2) is 51.1 Å². The van der Waals surface area contributed by atoms with Crippen LogP contribution in [0.3, 0.4) is 0 Å². The SMILES string of the molecule is [CH3][Ge]([CH3])([CH3])[N]([Sn]([CH3])([CH3])[CH3])[Sn]([CH3])([CH3])[CH3]. The molecule has 0 bridgehead atoms. The van der Waals surface area contributed by atoms with Crippen LogP contribution in [0.25, 0.3) is 0 Å². The molecule has 0 heterocycles. The third-order valence-corrected chi connectivity index (χ3v) is 77.0. The first-order valence-electron chi connectivity index (χ1n) is 5.17. The summed E-state index contributed by atoms with van der Waals surface area (Å²) in [5, 5.41) is 0. The van der Waals surface area contributed by atoms with Gasteiger partial charge in [-0.15, -0.1) is 0 Å². The van der Waals surface area contributed by atoms with Crippen molar-refractivity contribution in [2.45, 2.75) is 46.9 Å². The number of nitrogens with zero attached hydrogens (tertiary/aromatic N) is 1. The van der Waals surface area contributed by atoms with Gasteiger partial charge in [0.2, 0.25) is 0 Å². The summed E-state index contributed by atoms with van der Waals surface area (Å²) in [7, 11) is 0. The predicted molar refractivity (Wildman–Crippen MR) is 71.9 cm³/mol. The molecule has 0 aromatic carbocycles. The first-order chi connectivity index (χ1) is 5.37. The van der Waals surface area contributed by atoms with Gasteiger partial charge < -0.3 is 0 Å². The fraction of sp³-hybridized carbons (Fsp3) is 1.00. The van der Waals surface area contributed by atoms with Crippen LogP contribution in [0.1, 0.15) is 0 Å². The molecule has 0 aromatic rings. The summed E-state index contributed by atoms with van der Waals surface area (Å²) >= 11 is -5.12. The Kier molecular flexibility index (Phi) is 5.27. The van der Waals surface area contributed by atoms with E-state index >= 15 is 0 Å². The maximum absolute atomic E-state index is 3.17. The second-order valence-electron chi connectivity index (χ2n) is 6.85. The zero-order chi connectivity index (χ0) is 11.1. The predicted octanol–water partition coefficient (Wildman–Crippen LogP) is 3.79. The molecular formula is C9H27GeNSn2. The van der Waals surface area contributed by atoms with Crippen LogP contribution in [0.15, 0.2) is 0 Å². The van der Waals surface area contributed by atoms with Crippen molar-refractivity contribution in [3.63, 3.8) is 0 Å². The Bertz CT molecular complexity index is 140. The summed E-state index contributed by atoms with van der Waals surface area (Å²) in [5.41, 5.74) is 0. The van der Waals surface area contributed by atoms with Crippen molar-refractivity contribution in [1.82, 2.24) is 0.300 Å². The van der Waals surface area contributed by atoms with Gasteiger partial charge in [-0.3, -0.25) is 0 Å². The van der Waals surface area contributed by atoms with E-state index in [1.807, 2.05) is 0 Å². The molecule has 4 heteroatoms. The monoisotopic (exact) mass is 463 g/mol. The average Bonchev–Trinajstić information content (AvgIpc) is 1.44. The molecule has 0 radical (unpaired) electrons. The van der Waals surface area contributed by atoms with Crippen LogP contribution in [0.5, 0.6) is 0 Å². The van der Waals surface area contributed by atoms with Crippen molar-refractivity contribution >= 4 is 50.8 Å². The fourth-order valence-corrected chi connectivity index (χ4v) is 115. The summed E-state index contributed by atoms with van der Waals surface area (Å²) in [5.74, 6) is 7.72. The van der Waals surface area contributed by atoms with Gasteiger partial charge in [0.05, 0.1) is 0 Å². The van der Waals surface area contributed by atoms with Gasteiger partial charge in [-0.2, -0.15) is 0 Å². The van der Waals surface area contributed by atoms with E-state index in [-0.39, 0.29) is 0 Å². The molecule has 0 amide bonds. The minimum absolute atomic E-state index is 1.54. The molecule has 0 saturated carbocycles. The van der Waals surface area contributed by atoms with E-state index in [1.165, 1.54) is 0 Å². The van der Waals surface area contributed by atoms with Gasteiger partial charge in [0.15, 0.2) is 0 Å². The van der Waals surface area contributed by atoms with Crippen molar-refractivity contribution < 1.29 is 0 Å². The summed E-state index contributed by atoms with van der Waals surface area (Å²) in [6, 6.07) is 0. The fourth-order valence-electron chi connectivity index (χ4n) is 3.02. The second-order valence-corrected chi connectivity index (χ2v) is 53.2. The quantitative estimate of drug-likeness (QED) is 0.581. The Morgan fingerprint density at radius 3 is 0.923 bits per heavy atom. The van der Waals surface area contributed by atoms with Gasteiger partial charge in [-0.25, -0.2) is 0 Å². The van der Waals surface area contributed by atoms with Crippen molar-refractivity contribution in [2.75, 3.05) is 0 Å². The van der Waals surface area contributed by atoms with Crippen LogP contribution in [0, 0.1) is 0 Å². The molecule has 0 aliphatic carbocycles. The molecule has 0 spiro atoms. The Morgan fingerprint density at radius 1 is 0.692 bits per heavy atom. The van der Waals surface area contributed by atoms with Gasteiger partial charge in [-0.1, -0.05) is 0 Å². The average molecular weight is 459 g/mol. The molecule has 0 fully saturated rings. The van der Waals surface area contributed by atoms with E-state index in [1.54, 1.807) is 0 Å². The van der Waals surface area contributed by atoms with E-state index < -0.39 is 50.8 Å². The van der Waals surface area contributed by atoms with Gasteiger partial charge in [0, 0.05) is 0 Å². The molecule has 0 atom stereocenters. The Balaban J connectivity index is 5.02. The van der Waals surface area contributed by atoms with Crippen LogP contribution in [-0.2, 0) is 0 Å². The number of hydrogen-bond acceptors (Lipinski definition) is 1. The summed E-state index contributed by atoms with van der Waals surface area (Å²) in [4.78, 5) is 15.5. The van der Waals surface area contributed by atoms with Crippen molar-refractivity contribution in [1.29, 1.82) is 0 Å². The molecule has 80 valence electrons. The number of hydrogen-bond donors (Lipinski definition) is 0. The van der Waals surface area contributed by atoms with E-state index in [2.05, 4.69) is 47.2 Å². The van der Waals surface area contributed by atoms with E-state index in [0.717, 1.165) is 0 Å². The van der Waals surface area contributed by atoms with Crippen LogP contribution < -0.4 is 0 Å². The molecule has 13 heavy (non-hydrogen) atoms. The van der Waals surface area contributed by atoms with Gasteiger partial charge >= 0.3 is 98.0 Å². The van der Waals surface area contributed by atoms with E-state index in [9.17, 15) is 0 Å². The Morgan fingerprint density at radius 2 is 0.923 bits per heavy atom. The standard InChI is InChI=1S/C3H9GeN.6CH3.2Sn/c1-4(2,3)5;;;;;;;;/h1-3H3;6*1H3;;. The van der Waals surface area contributed by atoms with Gasteiger partial charge in [-0.05, 0) is 0 Å². The molecule has 0 rings (SSSR count).